The monoisotopic (exact) mass is 292 g/mol. The number of nitrogens with one attached hydrogen (secondary N) is 1. The van der Waals surface area contributed by atoms with E-state index >= 15 is 0 Å². The Morgan fingerprint density at radius 2 is 1.90 bits per heavy atom. The van der Waals surface area contributed by atoms with Crippen molar-refractivity contribution in [2.75, 3.05) is 18.0 Å². The molecule has 0 saturated carbocycles. The van der Waals surface area contributed by atoms with Crippen molar-refractivity contribution in [3.63, 3.8) is 0 Å². The zero-order valence-electron chi connectivity index (χ0n) is 12.0. The van der Waals surface area contributed by atoms with Gasteiger partial charge in [-0.25, -0.2) is 4.90 Å². The highest BCUT2D eigenvalue weighted by atomic mass is 16.6. The van der Waals surface area contributed by atoms with Crippen molar-refractivity contribution in [2.24, 2.45) is 0 Å². The molecule has 1 aromatic rings. The molecule has 0 bridgehead atoms. The van der Waals surface area contributed by atoms with Crippen LogP contribution in [0.15, 0.2) is 24.3 Å². The Morgan fingerprint density at radius 1 is 1.29 bits per heavy atom. The van der Waals surface area contributed by atoms with Crippen LogP contribution in [0.1, 0.15) is 20.3 Å². The number of anilines is 1. The molecule has 0 aliphatic carbocycles. The van der Waals surface area contributed by atoms with Crippen LogP contribution in [0, 0.1) is 10.1 Å². The van der Waals surface area contributed by atoms with Crippen LogP contribution >= 0.6 is 0 Å². The van der Waals surface area contributed by atoms with Crippen LogP contribution in [0.2, 0.25) is 0 Å². The van der Waals surface area contributed by atoms with Crippen LogP contribution in [0.5, 0.6) is 0 Å². The first-order valence-corrected chi connectivity index (χ1v) is 6.96. The number of nitro benzene ring substituents is 1. The fourth-order valence-corrected chi connectivity index (χ4v) is 2.75. The largest absolute Gasteiger partial charge is 0.325 e. The Labute approximate surface area is 122 Å². The second-order valence-electron chi connectivity index (χ2n) is 4.94. The number of hydrogen-bond acceptors (Lipinski definition) is 4. The average Bonchev–Trinajstić information content (AvgIpc) is 2.75. The van der Waals surface area contributed by atoms with Gasteiger partial charge in [0.25, 0.3) is 11.6 Å². The zero-order valence-corrected chi connectivity index (χ0v) is 12.0. The van der Waals surface area contributed by atoms with Gasteiger partial charge in [-0.15, -0.1) is 0 Å². The molecule has 1 saturated heterocycles. The second-order valence-corrected chi connectivity index (χ2v) is 4.94. The van der Waals surface area contributed by atoms with Crippen molar-refractivity contribution < 1.29 is 19.4 Å². The van der Waals surface area contributed by atoms with Gasteiger partial charge in [-0.3, -0.25) is 19.7 Å². The maximum atomic E-state index is 12.5. The highest BCUT2D eigenvalue weighted by Crippen LogP contribution is 2.31. The standard InChI is InChI=1S/C14H17N3O4/c1-3-15(4-2)12-9-13(18)16(14(12)19)10-7-5-6-8-11(10)17(20)21/h5-8,12H,3-4,9H2,1-2H3/p+1/t12-/m0/s1. The Bertz CT molecular complexity index is 583. The summed E-state index contributed by atoms with van der Waals surface area (Å²) in [4.78, 5) is 37.2. The molecular formula is C14H18N3O4+. The van der Waals surface area contributed by atoms with Crippen LogP contribution < -0.4 is 9.80 Å². The molecule has 2 rings (SSSR count). The molecule has 112 valence electrons. The molecule has 7 heteroatoms. The van der Waals surface area contributed by atoms with Crippen molar-refractivity contribution >= 4 is 23.2 Å². The molecule has 1 aromatic carbocycles. The van der Waals surface area contributed by atoms with E-state index in [4.69, 9.17) is 0 Å². The van der Waals surface area contributed by atoms with Crippen LogP contribution in [0.25, 0.3) is 0 Å². The number of nitro groups is 1. The third-order valence-corrected chi connectivity index (χ3v) is 3.87. The molecule has 1 heterocycles. The smallest absolute Gasteiger partial charge is 0.293 e. The first kappa shape index (κ1) is 15.1. The third kappa shape index (κ3) is 2.64. The number of imide groups is 1. The van der Waals surface area contributed by atoms with Crippen LogP contribution in [0.3, 0.4) is 0 Å². The summed E-state index contributed by atoms with van der Waals surface area (Å²) in [5, 5.41) is 11.1. The number of carbonyl (C=O) groups excluding carboxylic acids is 2. The maximum Gasteiger partial charge on any atom is 0.293 e. The van der Waals surface area contributed by atoms with Crippen molar-refractivity contribution in [2.45, 2.75) is 26.3 Å². The molecule has 0 radical (unpaired) electrons. The normalized spacial score (nSPS) is 18.6. The van der Waals surface area contributed by atoms with Gasteiger partial charge in [0.15, 0.2) is 6.04 Å². The lowest BCUT2D eigenvalue weighted by Gasteiger charge is -2.21. The number of likely N-dealkylation sites (N-methyl/N-ethyl adjacent to an activating group) is 1. The summed E-state index contributed by atoms with van der Waals surface area (Å²) < 4.78 is 0. The maximum absolute atomic E-state index is 12.5. The number of amides is 2. The number of para-hydroxylation sites is 2. The topological polar surface area (TPSA) is 85.0 Å². The first-order valence-electron chi connectivity index (χ1n) is 6.96. The predicted molar refractivity (Wildman–Crippen MR) is 76.0 cm³/mol. The Balaban J connectivity index is 2.40. The zero-order chi connectivity index (χ0) is 15.6. The van der Waals surface area contributed by atoms with Gasteiger partial charge in [0, 0.05) is 6.07 Å². The second kappa shape index (κ2) is 6.01. The molecule has 1 fully saturated rings. The summed E-state index contributed by atoms with van der Waals surface area (Å²) in [6.07, 6.45) is 0.0991. The fourth-order valence-electron chi connectivity index (χ4n) is 2.75. The summed E-state index contributed by atoms with van der Waals surface area (Å²) in [5.74, 6) is -0.730. The fraction of sp³-hybridized carbons (Fsp3) is 0.429. The Morgan fingerprint density at radius 3 is 2.48 bits per heavy atom. The van der Waals surface area contributed by atoms with E-state index in [1.165, 1.54) is 18.2 Å². The van der Waals surface area contributed by atoms with E-state index in [0.717, 1.165) is 22.9 Å². The Kier molecular flexibility index (Phi) is 4.32. The highest BCUT2D eigenvalue weighted by molar-refractivity contribution is 6.22. The molecule has 0 aromatic heterocycles. The van der Waals surface area contributed by atoms with Crippen LogP contribution in [-0.2, 0) is 9.59 Å². The predicted octanol–water partition coefficient (Wildman–Crippen LogP) is 0.151. The molecule has 1 aliphatic rings. The summed E-state index contributed by atoms with van der Waals surface area (Å²) in [6.45, 7) is 5.35. The van der Waals surface area contributed by atoms with E-state index in [1.807, 2.05) is 13.8 Å². The summed E-state index contributed by atoms with van der Waals surface area (Å²) in [7, 11) is 0. The van der Waals surface area contributed by atoms with Gasteiger partial charge in [0.2, 0.25) is 5.91 Å². The van der Waals surface area contributed by atoms with Crippen molar-refractivity contribution in [3.05, 3.63) is 34.4 Å². The van der Waals surface area contributed by atoms with E-state index in [9.17, 15) is 19.7 Å². The SMILES string of the molecule is CC[NH+](CC)[C@H]1CC(=O)N(c2ccccc2[N+](=O)[O-])C1=O. The molecule has 0 spiro atoms. The average molecular weight is 292 g/mol. The molecule has 1 atom stereocenters. The number of hydrogen-bond donors (Lipinski definition) is 1. The number of rotatable bonds is 5. The molecule has 7 nitrogen and oxygen atoms in total. The first-order chi connectivity index (χ1) is 10.0. The number of benzene rings is 1. The lowest BCUT2D eigenvalue weighted by molar-refractivity contribution is -0.911. The quantitative estimate of drug-likeness (QED) is 0.475. The van der Waals surface area contributed by atoms with Gasteiger partial charge in [0.05, 0.1) is 24.4 Å². The highest BCUT2D eigenvalue weighted by Gasteiger charge is 2.46. The van der Waals surface area contributed by atoms with Crippen molar-refractivity contribution in [1.82, 2.24) is 0 Å². The van der Waals surface area contributed by atoms with Gasteiger partial charge < -0.3 is 4.90 Å². The summed E-state index contributed by atoms with van der Waals surface area (Å²) in [6, 6.07) is 5.38. The van der Waals surface area contributed by atoms with E-state index in [2.05, 4.69) is 0 Å². The minimum atomic E-state index is -0.576. The molecule has 1 aliphatic heterocycles. The van der Waals surface area contributed by atoms with Gasteiger partial charge in [-0.1, -0.05) is 12.1 Å². The number of quaternary nitrogens is 1. The van der Waals surface area contributed by atoms with E-state index in [1.54, 1.807) is 6.07 Å². The molecule has 2 amide bonds. The van der Waals surface area contributed by atoms with E-state index < -0.39 is 11.0 Å². The van der Waals surface area contributed by atoms with Crippen LogP contribution in [-0.4, -0.2) is 35.9 Å². The van der Waals surface area contributed by atoms with Gasteiger partial charge in [-0.05, 0) is 19.9 Å². The lowest BCUT2D eigenvalue weighted by atomic mass is 10.2. The molecule has 1 N–H and O–H groups in total. The molecule has 21 heavy (non-hydrogen) atoms. The molecule has 0 unspecified atom stereocenters. The summed E-state index contributed by atoms with van der Waals surface area (Å²) >= 11 is 0. The van der Waals surface area contributed by atoms with Crippen molar-refractivity contribution in [3.8, 4) is 0 Å². The lowest BCUT2D eigenvalue weighted by Crippen LogP contribution is -3.16. The van der Waals surface area contributed by atoms with Gasteiger partial charge in [-0.2, -0.15) is 0 Å². The van der Waals surface area contributed by atoms with E-state index in [0.29, 0.717) is 0 Å². The minimum absolute atomic E-state index is 0.0616. The van der Waals surface area contributed by atoms with E-state index in [-0.39, 0.29) is 29.6 Å². The third-order valence-electron chi connectivity index (χ3n) is 3.87. The minimum Gasteiger partial charge on any atom is -0.325 e. The number of carbonyl (C=O) groups is 2. The summed E-state index contributed by atoms with van der Waals surface area (Å²) in [5.41, 5.74) is -0.166. The van der Waals surface area contributed by atoms with Crippen LogP contribution in [0.4, 0.5) is 11.4 Å². The van der Waals surface area contributed by atoms with Crippen molar-refractivity contribution in [1.29, 1.82) is 0 Å². The van der Waals surface area contributed by atoms with Gasteiger partial charge in [0.1, 0.15) is 5.69 Å². The Hall–Kier alpha value is -2.28. The van der Waals surface area contributed by atoms with Gasteiger partial charge >= 0.3 is 0 Å². The molecular weight excluding hydrogens is 274 g/mol. The number of nitrogens with zero attached hydrogens (tertiary/aromatic N) is 2.